The lowest BCUT2D eigenvalue weighted by Gasteiger charge is -2.18. The van der Waals surface area contributed by atoms with Gasteiger partial charge in [-0.05, 0) is 31.2 Å². The summed E-state index contributed by atoms with van der Waals surface area (Å²) in [4.78, 5) is 26.1. The summed E-state index contributed by atoms with van der Waals surface area (Å²) in [6, 6.07) is 10.3. The average Bonchev–Trinajstić information content (AvgIpc) is 3.00. The number of carbonyl (C=O) groups excluding carboxylic acids is 1. The van der Waals surface area contributed by atoms with Gasteiger partial charge < -0.3 is 14.2 Å². The van der Waals surface area contributed by atoms with Gasteiger partial charge in [-0.15, -0.1) is 0 Å². The fourth-order valence-corrected chi connectivity index (χ4v) is 3.00. The third-order valence-electron chi connectivity index (χ3n) is 4.28. The smallest absolute Gasteiger partial charge is 0.254 e. The lowest BCUT2D eigenvalue weighted by atomic mass is 10.2. The molecule has 1 saturated heterocycles. The monoisotopic (exact) mass is 346 g/mol. The number of aryl methyl sites for hydroxylation is 1. The van der Waals surface area contributed by atoms with Crippen LogP contribution in [0.15, 0.2) is 41.2 Å². The number of amides is 1. The zero-order chi connectivity index (χ0) is 17.3. The van der Waals surface area contributed by atoms with Crippen molar-refractivity contribution < 1.29 is 9.53 Å². The molecule has 1 aliphatic heterocycles. The maximum Gasteiger partial charge on any atom is 0.254 e. The highest BCUT2D eigenvalue weighted by Crippen LogP contribution is 2.20. The van der Waals surface area contributed by atoms with E-state index in [1.54, 1.807) is 40.8 Å². The Morgan fingerprint density at radius 1 is 1.29 bits per heavy atom. The van der Waals surface area contributed by atoms with Crippen LogP contribution in [0.4, 0.5) is 0 Å². The van der Waals surface area contributed by atoms with Gasteiger partial charge in [-0.2, -0.15) is 0 Å². The van der Waals surface area contributed by atoms with Crippen molar-refractivity contribution in [2.24, 2.45) is 7.05 Å². The Balaban J connectivity index is 1.67. The van der Waals surface area contributed by atoms with Crippen LogP contribution in [-0.4, -0.2) is 34.6 Å². The SMILES string of the molecule is Cc1cc(OC2CCN(C(=O)c3cccc(Cl)c3)C2)cc(=O)n1C. The van der Waals surface area contributed by atoms with Gasteiger partial charge in [-0.3, -0.25) is 9.59 Å². The van der Waals surface area contributed by atoms with Crippen molar-refractivity contribution >= 4 is 17.5 Å². The van der Waals surface area contributed by atoms with E-state index in [0.717, 1.165) is 12.1 Å². The Labute approximate surface area is 145 Å². The topological polar surface area (TPSA) is 51.5 Å². The van der Waals surface area contributed by atoms with Gasteiger partial charge in [-0.1, -0.05) is 17.7 Å². The minimum absolute atomic E-state index is 0.0521. The first-order valence-corrected chi connectivity index (χ1v) is 8.21. The Morgan fingerprint density at radius 3 is 2.79 bits per heavy atom. The molecule has 0 bridgehead atoms. The molecule has 0 aliphatic carbocycles. The van der Waals surface area contributed by atoms with E-state index in [0.29, 0.717) is 29.4 Å². The number of nitrogens with zero attached hydrogens (tertiary/aromatic N) is 2. The Hall–Kier alpha value is -2.27. The lowest BCUT2D eigenvalue weighted by molar-refractivity contribution is 0.0772. The molecule has 1 unspecified atom stereocenters. The van der Waals surface area contributed by atoms with Crippen LogP contribution in [0, 0.1) is 6.92 Å². The molecule has 1 aromatic carbocycles. The molecule has 1 atom stereocenters. The Morgan fingerprint density at radius 2 is 2.08 bits per heavy atom. The van der Waals surface area contributed by atoms with E-state index >= 15 is 0 Å². The molecule has 0 radical (unpaired) electrons. The van der Waals surface area contributed by atoms with Crippen molar-refractivity contribution in [1.29, 1.82) is 0 Å². The summed E-state index contributed by atoms with van der Waals surface area (Å²) >= 11 is 5.95. The molecule has 0 N–H and O–H groups in total. The third kappa shape index (κ3) is 3.46. The first-order chi connectivity index (χ1) is 11.4. The van der Waals surface area contributed by atoms with E-state index in [-0.39, 0.29) is 17.6 Å². The van der Waals surface area contributed by atoms with E-state index < -0.39 is 0 Å². The molecule has 126 valence electrons. The second-order valence-electron chi connectivity index (χ2n) is 6.02. The summed E-state index contributed by atoms with van der Waals surface area (Å²) in [6.07, 6.45) is 0.625. The van der Waals surface area contributed by atoms with E-state index in [1.165, 1.54) is 6.07 Å². The molecular formula is C18H19ClN2O3. The average molecular weight is 347 g/mol. The number of ether oxygens (including phenoxy) is 1. The van der Waals surface area contributed by atoms with Gasteiger partial charge in [-0.25, -0.2) is 0 Å². The van der Waals surface area contributed by atoms with E-state index in [1.807, 2.05) is 13.0 Å². The van der Waals surface area contributed by atoms with Crippen LogP contribution < -0.4 is 10.3 Å². The van der Waals surface area contributed by atoms with Crippen LogP contribution in [0.3, 0.4) is 0 Å². The first-order valence-electron chi connectivity index (χ1n) is 7.83. The number of rotatable bonds is 3. The quantitative estimate of drug-likeness (QED) is 0.858. The predicted molar refractivity (Wildman–Crippen MR) is 92.8 cm³/mol. The molecule has 1 fully saturated rings. The van der Waals surface area contributed by atoms with Crippen LogP contribution in [-0.2, 0) is 7.05 Å². The molecule has 0 saturated carbocycles. The normalized spacial score (nSPS) is 17.1. The van der Waals surface area contributed by atoms with E-state index in [9.17, 15) is 9.59 Å². The van der Waals surface area contributed by atoms with Gasteiger partial charge in [0.1, 0.15) is 11.9 Å². The zero-order valence-corrected chi connectivity index (χ0v) is 14.4. The van der Waals surface area contributed by atoms with Crippen molar-refractivity contribution in [3.05, 3.63) is 63.0 Å². The van der Waals surface area contributed by atoms with Crippen LogP contribution in [0.1, 0.15) is 22.5 Å². The fourth-order valence-electron chi connectivity index (χ4n) is 2.81. The van der Waals surface area contributed by atoms with Gasteiger partial charge >= 0.3 is 0 Å². The fraction of sp³-hybridized carbons (Fsp3) is 0.333. The van der Waals surface area contributed by atoms with Crippen molar-refractivity contribution in [3.63, 3.8) is 0 Å². The number of carbonyl (C=O) groups is 1. The minimum atomic E-state index is -0.111. The molecule has 3 rings (SSSR count). The highest BCUT2D eigenvalue weighted by molar-refractivity contribution is 6.30. The number of benzene rings is 1. The Kier molecular flexibility index (Phi) is 4.62. The molecule has 1 amide bonds. The van der Waals surface area contributed by atoms with Crippen LogP contribution in [0.25, 0.3) is 0 Å². The van der Waals surface area contributed by atoms with Crippen molar-refractivity contribution in [2.75, 3.05) is 13.1 Å². The predicted octanol–water partition coefficient (Wildman–Crippen LogP) is 2.64. The molecule has 6 heteroatoms. The van der Waals surface area contributed by atoms with Gasteiger partial charge in [0, 0.05) is 42.4 Å². The van der Waals surface area contributed by atoms with Crippen molar-refractivity contribution in [2.45, 2.75) is 19.4 Å². The summed E-state index contributed by atoms with van der Waals surface area (Å²) < 4.78 is 7.46. The summed E-state index contributed by atoms with van der Waals surface area (Å²) in [7, 11) is 1.72. The van der Waals surface area contributed by atoms with Crippen LogP contribution >= 0.6 is 11.6 Å². The molecule has 1 aliphatic rings. The third-order valence-corrected chi connectivity index (χ3v) is 4.52. The highest BCUT2D eigenvalue weighted by atomic mass is 35.5. The molecule has 2 heterocycles. The summed E-state index contributed by atoms with van der Waals surface area (Å²) in [6.45, 7) is 2.98. The maximum absolute atomic E-state index is 12.5. The second kappa shape index (κ2) is 6.69. The van der Waals surface area contributed by atoms with Gasteiger partial charge in [0.15, 0.2) is 0 Å². The number of likely N-dealkylation sites (tertiary alicyclic amines) is 1. The minimum Gasteiger partial charge on any atom is -0.488 e. The molecule has 2 aromatic rings. The summed E-state index contributed by atoms with van der Waals surface area (Å²) in [5, 5.41) is 0.545. The summed E-state index contributed by atoms with van der Waals surface area (Å²) in [5.41, 5.74) is 1.31. The number of hydrogen-bond donors (Lipinski definition) is 0. The van der Waals surface area contributed by atoms with Gasteiger partial charge in [0.2, 0.25) is 0 Å². The molecule has 1 aromatic heterocycles. The van der Waals surface area contributed by atoms with Gasteiger partial charge in [0.05, 0.1) is 6.54 Å². The molecule has 0 spiro atoms. The number of aromatic nitrogens is 1. The Bertz CT molecular complexity index is 831. The first kappa shape index (κ1) is 16.6. The summed E-state index contributed by atoms with van der Waals surface area (Å²) in [5.74, 6) is 0.501. The van der Waals surface area contributed by atoms with Crippen molar-refractivity contribution in [3.8, 4) is 5.75 Å². The van der Waals surface area contributed by atoms with E-state index in [4.69, 9.17) is 16.3 Å². The molecule has 5 nitrogen and oxygen atoms in total. The lowest BCUT2D eigenvalue weighted by Crippen LogP contribution is -2.31. The van der Waals surface area contributed by atoms with Crippen LogP contribution in [0.2, 0.25) is 5.02 Å². The standard InChI is InChI=1S/C18H19ClN2O3/c1-12-8-16(10-17(22)20(12)2)24-15-6-7-21(11-15)18(23)13-4-3-5-14(19)9-13/h3-5,8-10,15H,6-7,11H2,1-2H3. The molecular weight excluding hydrogens is 328 g/mol. The van der Waals surface area contributed by atoms with E-state index in [2.05, 4.69) is 0 Å². The number of pyridine rings is 1. The highest BCUT2D eigenvalue weighted by Gasteiger charge is 2.28. The maximum atomic E-state index is 12.5. The zero-order valence-electron chi connectivity index (χ0n) is 13.7. The largest absolute Gasteiger partial charge is 0.488 e. The molecule has 24 heavy (non-hydrogen) atoms. The van der Waals surface area contributed by atoms with Crippen LogP contribution in [0.5, 0.6) is 5.75 Å². The number of halogens is 1. The van der Waals surface area contributed by atoms with Crippen molar-refractivity contribution in [1.82, 2.24) is 9.47 Å². The second-order valence-corrected chi connectivity index (χ2v) is 6.46. The number of hydrogen-bond acceptors (Lipinski definition) is 3. The van der Waals surface area contributed by atoms with Gasteiger partial charge in [0.25, 0.3) is 11.5 Å².